The van der Waals surface area contributed by atoms with E-state index >= 15 is 0 Å². The summed E-state index contributed by atoms with van der Waals surface area (Å²) in [6, 6.07) is 0.456. The normalized spacial score (nSPS) is 24.7. The lowest BCUT2D eigenvalue weighted by atomic mass is 9.78. The Morgan fingerprint density at radius 3 is 2.23 bits per heavy atom. The maximum absolute atomic E-state index is 11.2. The van der Waals surface area contributed by atoms with Gasteiger partial charge in [-0.1, -0.05) is 6.42 Å². The van der Waals surface area contributed by atoms with Crippen LogP contribution in [0.3, 0.4) is 0 Å². The average Bonchev–Trinajstić information content (AvgIpc) is 2.81. The van der Waals surface area contributed by atoms with Crippen molar-refractivity contribution in [3.63, 3.8) is 0 Å². The molecule has 2 amide bonds. The lowest BCUT2D eigenvalue weighted by Crippen LogP contribution is -2.47. The first kappa shape index (κ1) is 8.85. The van der Waals surface area contributed by atoms with Crippen LogP contribution in [-0.2, 0) is 0 Å². The number of amides is 2. The number of carbonyl (C=O) groups is 1. The summed E-state index contributed by atoms with van der Waals surface area (Å²) >= 11 is 0. The number of hydrogen-bond acceptors (Lipinski definition) is 1. The third-order valence-corrected chi connectivity index (χ3v) is 3.31. The van der Waals surface area contributed by atoms with Gasteiger partial charge in [0.1, 0.15) is 0 Å². The molecule has 74 valence electrons. The highest BCUT2D eigenvalue weighted by Gasteiger charge is 2.39. The molecule has 2 rings (SSSR count). The maximum Gasteiger partial charge on any atom is 0.314 e. The molecule has 0 aliphatic heterocycles. The van der Waals surface area contributed by atoms with Crippen LogP contribution in [0, 0.1) is 11.8 Å². The van der Waals surface area contributed by atoms with Gasteiger partial charge in [0.25, 0.3) is 0 Å². The fourth-order valence-electron chi connectivity index (χ4n) is 2.10. The molecule has 2 aliphatic carbocycles. The van der Waals surface area contributed by atoms with E-state index in [-0.39, 0.29) is 6.03 Å². The zero-order chi connectivity index (χ0) is 9.26. The Labute approximate surface area is 79.3 Å². The molecule has 13 heavy (non-hydrogen) atoms. The molecule has 0 aromatic heterocycles. The summed E-state index contributed by atoms with van der Waals surface area (Å²) in [5.41, 5.74) is 0. The molecular formula is C10H18N2O. The van der Waals surface area contributed by atoms with Gasteiger partial charge in [0.2, 0.25) is 0 Å². The van der Waals surface area contributed by atoms with Gasteiger partial charge in [0.15, 0.2) is 0 Å². The lowest BCUT2D eigenvalue weighted by Gasteiger charge is -2.34. The smallest absolute Gasteiger partial charge is 0.314 e. The standard InChI is InChI=1S/C10H18N2O/c1-11-10(13)12-9(8-5-6-8)7-3-2-4-7/h7-9H,2-6H2,1H3,(H2,11,12,13). The minimum Gasteiger partial charge on any atom is -0.341 e. The molecule has 0 bridgehead atoms. The van der Waals surface area contributed by atoms with Crippen LogP contribution in [0.4, 0.5) is 4.79 Å². The number of rotatable bonds is 3. The van der Waals surface area contributed by atoms with Crippen molar-refractivity contribution in [3.05, 3.63) is 0 Å². The Morgan fingerprint density at radius 1 is 1.23 bits per heavy atom. The molecular weight excluding hydrogens is 164 g/mol. The van der Waals surface area contributed by atoms with E-state index in [1.165, 1.54) is 32.1 Å². The first-order valence-corrected chi connectivity index (χ1v) is 5.29. The number of urea groups is 1. The zero-order valence-corrected chi connectivity index (χ0v) is 8.18. The average molecular weight is 182 g/mol. The zero-order valence-electron chi connectivity index (χ0n) is 8.18. The Bertz CT molecular complexity index is 197. The van der Waals surface area contributed by atoms with E-state index in [9.17, 15) is 4.79 Å². The van der Waals surface area contributed by atoms with Crippen molar-refractivity contribution >= 4 is 6.03 Å². The van der Waals surface area contributed by atoms with Crippen LogP contribution in [0.2, 0.25) is 0 Å². The second-order valence-electron chi connectivity index (χ2n) is 4.28. The molecule has 0 aromatic carbocycles. The van der Waals surface area contributed by atoms with Crippen molar-refractivity contribution in [2.24, 2.45) is 11.8 Å². The van der Waals surface area contributed by atoms with Gasteiger partial charge in [0, 0.05) is 13.1 Å². The third kappa shape index (κ3) is 1.95. The lowest BCUT2D eigenvalue weighted by molar-refractivity contribution is 0.197. The van der Waals surface area contributed by atoms with E-state index in [4.69, 9.17) is 0 Å². The highest BCUT2D eigenvalue weighted by molar-refractivity contribution is 5.73. The quantitative estimate of drug-likeness (QED) is 0.682. The predicted molar refractivity (Wildman–Crippen MR) is 51.4 cm³/mol. The van der Waals surface area contributed by atoms with Crippen molar-refractivity contribution < 1.29 is 4.79 Å². The molecule has 1 unspecified atom stereocenters. The second-order valence-corrected chi connectivity index (χ2v) is 4.28. The second kappa shape index (κ2) is 3.56. The minimum atomic E-state index is -0.0104. The molecule has 3 heteroatoms. The number of carbonyl (C=O) groups excluding carboxylic acids is 1. The number of nitrogens with one attached hydrogen (secondary N) is 2. The van der Waals surface area contributed by atoms with Gasteiger partial charge in [0.05, 0.1) is 0 Å². The largest absolute Gasteiger partial charge is 0.341 e. The van der Waals surface area contributed by atoms with Crippen LogP contribution in [0.25, 0.3) is 0 Å². The molecule has 1 atom stereocenters. The summed E-state index contributed by atoms with van der Waals surface area (Å²) in [4.78, 5) is 11.2. The molecule has 2 aliphatic rings. The van der Waals surface area contributed by atoms with Gasteiger partial charge in [-0.25, -0.2) is 4.79 Å². The van der Waals surface area contributed by atoms with E-state index in [1.807, 2.05) is 0 Å². The summed E-state index contributed by atoms with van der Waals surface area (Å²) < 4.78 is 0. The fraction of sp³-hybridized carbons (Fsp3) is 0.900. The van der Waals surface area contributed by atoms with Crippen LogP contribution in [0.5, 0.6) is 0 Å². The monoisotopic (exact) mass is 182 g/mol. The molecule has 2 N–H and O–H groups in total. The maximum atomic E-state index is 11.2. The van der Waals surface area contributed by atoms with Crippen molar-refractivity contribution in [1.29, 1.82) is 0 Å². The van der Waals surface area contributed by atoms with Gasteiger partial charge in [-0.3, -0.25) is 0 Å². The number of hydrogen-bond donors (Lipinski definition) is 2. The van der Waals surface area contributed by atoms with Gasteiger partial charge < -0.3 is 10.6 Å². The SMILES string of the molecule is CNC(=O)NC(C1CCC1)C1CC1. The highest BCUT2D eigenvalue weighted by Crippen LogP contribution is 2.42. The first-order chi connectivity index (χ1) is 6.31. The topological polar surface area (TPSA) is 41.1 Å². The molecule has 2 saturated carbocycles. The van der Waals surface area contributed by atoms with E-state index in [0.29, 0.717) is 6.04 Å². The van der Waals surface area contributed by atoms with Crippen molar-refractivity contribution in [1.82, 2.24) is 10.6 Å². The van der Waals surface area contributed by atoms with E-state index in [1.54, 1.807) is 7.05 Å². The Hall–Kier alpha value is -0.730. The summed E-state index contributed by atoms with van der Waals surface area (Å²) in [6.45, 7) is 0. The van der Waals surface area contributed by atoms with E-state index in [0.717, 1.165) is 11.8 Å². The summed E-state index contributed by atoms with van der Waals surface area (Å²) in [5.74, 6) is 1.55. The van der Waals surface area contributed by atoms with Gasteiger partial charge >= 0.3 is 6.03 Å². The van der Waals surface area contributed by atoms with E-state index in [2.05, 4.69) is 10.6 Å². The molecule has 0 saturated heterocycles. The van der Waals surface area contributed by atoms with Gasteiger partial charge in [-0.2, -0.15) is 0 Å². The Kier molecular flexibility index (Phi) is 2.42. The molecule has 0 aromatic rings. The summed E-state index contributed by atoms with van der Waals surface area (Å²) in [7, 11) is 1.68. The predicted octanol–water partition coefficient (Wildman–Crippen LogP) is 1.49. The Morgan fingerprint density at radius 2 is 1.85 bits per heavy atom. The fourth-order valence-corrected chi connectivity index (χ4v) is 2.10. The van der Waals surface area contributed by atoms with Crippen molar-refractivity contribution in [3.8, 4) is 0 Å². The van der Waals surface area contributed by atoms with Crippen LogP contribution in [0.15, 0.2) is 0 Å². The third-order valence-electron chi connectivity index (χ3n) is 3.31. The van der Waals surface area contributed by atoms with Gasteiger partial charge in [-0.15, -0.1) is 0 Å². The molecule has 0 heterocycles. The van der Waals surface area contributed by atoms with E-state index < -0.39 is 0 Å². The van der Waals surface area contributed by atoms with Crippen LogP contribution < -0.4 is 10.6 Å². The first-order valence-electron chi connectivity index (χ1n) is 5.29. The molecule has 0 radical (unpaired) electrons. The molecule has 2 fully saturated rings. The van der Waals surface area contributed by atoms with Crippen LogP contribution >= 0.6 is 0 Å². The Balaban J connectivity index is 1.85. The minimum absolute atomic E-state index is 0.0104. The van der Waals surface area contributed by atoms with Gasteiger partial charge in [-0.05, 0) is 37.5 Å². The van der Waals surface area contributed by atoms with Crippen LogP contribution in [-0.4, -0.2) is 19.1 Å². The van der Waals surface area contributed by atoms with Crippen molar-refractivity contribution in [2.75, 3.05) is 7.05 Å². The highest BCUT2D eigenvalue weighted by atomic mass is 16.2. The van der Waals surface area contributed by atoms with Crippen molar-refractivity contribution in [2.45, 2.75) is 38.1 Å². The summed E-state index contributed by atoms with van der Waals surface area (Å²) in [6.07, 6.45) is 6.59. The molecule has 0 spiro atoms. The molecule has 3 nitrogen and oxygen atoms in total. The van der Waals surface area contributed by atoms with Crippen LogP contribution in [0.1, 0.15) is 32.1 Å². The summed E-state index contributed by atoms with van der Waals surface area (Å²) in [5, 5.41) is 5.71.